The first-order valence-electron chi connectivity index (χ1n) is 7.17. The molecule has 0 aromatic carbocycles. The number of anilines is 1. The van der Waals surface area contributed by atoms with E-state index in [-0.39, 0.29) is 41.8 Å². The van der Waals surface area contributed by atoms with Gasteiger partial charge in [-0.15, -0.1) is 0 Å². The van der Waals surface area contributed by atoms with Crippen LogP contribution < -0.4 is 60.6 Å². The Morgan fingerprint density at radius 2 is 1.87 bits per heavy atom. The summed E-state index contributed by atoms with van der Waals surface area (Å²) in [5.74, 6) is -0.0281. The zero-order valence-electron chi connectivity index (χ0n) is 14.8. The van der Waals surface area contributed by atoms with Gasteiger partial charge in [-0.2, -0.15) is 4.98 Å². The van der Waals surface area contributed by atoms with Crippen molar-refractivity contribution in [3.8, 4) is 0 Å². The SMILES string of the molecule is Nc1nc(=O)n(C2CC(O)C(COP(=O)([O-])OP(=O)([O-])OP(=O)([O-])[O-])O2)cc1I.[Na+]. The molecule has 0 amide bonds. The van der Waals surface area contributed by atoms with Crippen LogP contribution in [0, 0.1) is 3.57 Å². The van der Waals surface area contributed by atoms with Crippen LogP contribution in [0.4, 0.5) is 5.82 Å². The van der Waals surface area contributed by atoms with E-state index in [2.05, 4.69) is 18.1 Å². The Morgan fingerprint density at radius 3 is 2.43 bits per heavy atom. The Kier molecular flexibility index (Phi) is 10.3. The molecule has 166 valence electrons. The molecule has 1 aromatic rings. The number of aliphatic hydroxyl groups excluding tert-OH is 1. The molecule has 1 saturated heterocycles. The summed E-state index contributed by atoms with van der Waals surface area (Å²) < 4.78 is 50.2. The fourth-order valence-corrected chi connectivity index (χ4v) is 5.43. The minimum atomic E-state index is -6.11. The van der Waals surface area contributed by atoms with E-state index in [0.29, 0.717) is 3.57 Å². The van der Waals surface area contributed by atoms with Gasteiger partial charge in [0.25, 0.3) is 15.6 Å². The van der Waals surface area contributed by atoms with E-state index >= 15 is 0 Å². The predicted molar refractivity (Wildman–Crippen MR) is 91.1 cm³/mol. The van der Waals surface area contributed by atoms with E-state index in [0.717, 1.165) is 4.57 Å². The van der Waals surface area contributed by atoms with Crippen molar-refractivity contribution in [3.63, 3.8) is 0 Å². The standard InChI is InChI=1S/C9H15IN3O13P3.Na/c10-4-2-13(9(15)12-8(4)11)7-1-5(14)6(24-7)3-23-28(19,20)26-29(21,22)25-27(16,17)18;/h2,5-7,14H,1,3H2,(H,19,20)(H,21,22)(H2,11,12,15)(H2,16,17,18);/q;+1/p-4. The number of aliphatic hydroxyl groups is 1. The van der Waals surface area contributed by atoms with Gasteiger partial charge in [0.2, 0.25) is 0 Å². The summed E-state index contributed by atoms with van der Waals surface area (Å²) in [6.45, 7) is -0.973. The molecule has 5 atom stereocenters. The van der Waals surface area contributed by atoms with Crippen LogP contribution in [0.15, 0.2) is 11.0 Å². The molecule has 0 spiro atoms. The second kappa shape index (κ2) is 10.8. The zero-order valence-corrected chi connectivity index (χ0v) is 21.6. The third-order valence-electron chi connectivity index (χ3n) is 3.25. The number of ether oxygens (including phenoxy) is 1. The van der Waals surface area contributed by atoms with Gasteiger partial charge in [-0.1, -0.05) is 0 Å². The molecule has 0 aliphatic carbocycles. The Hall–Kier alpha value is 0.740. The molecule has 1 aliphatic rings. The van der Waals surface area contributed by atoms with E-state index in [1.54, 1.807) is 22.6 Å². The van der Waals surface area contributed by atoms with Crippen molar-refractivity contribution in [3.05, 3.63) is 20.3 Å². The van der Waals surface area contributed by atoms with Crippen LogP contribution >= 0.6 is 46.1 Å². The normalized spacial score (nSPS) is 25.9. The van der Waals surface area contributed by atoms with Gasteiger partial charge in [-0.3, -0.25) is 18.0 Å². The first kappa shape index (κ1) is 28.8. The summed E-state index contributed by atoms with van der Waals surface area (Å²) in [6.07, 6.45) is -2.66. The monoisotopic (exact) mass is 612 g/mol. The van der Waals surface area contributed by atoms with Crippen molar-refractivity contribution >= 4 is 51.9 Å². The number of nitrogens with zero attached hydrogens (tertiary/aromatic N) is 2. The van der Waals surface area contributed by atoms with Crippen LogP contribution in [0.5, 0.6) is 0 Å². The van der Waals surface area contributed by atoms with Crippen molar-refractivity contribution in [2.45, 2.75) is 24.9 Å². The minimum absolute atomic E-state index is 0. The van der Waals surface area contributed by atoms with Crippen LogP contribution in [0.25, 0.3) is 0 Å². The Balaban J connectivity index is 0.00000450. The number of halogens is 1. The molecular formula is C9H11IN3NaO13P3-3. The molecular weight excluding hydrogens is 601 g/mol. The fourth-order valence-electron chi connectivity index (χ4n) is 2.15. The molecule has 1 aromatic heterocycles. The zero-order chi connectivity index (χ0) is 22.2. The molecule has 1 fully saturated rings. The molecule has 0 saturated carbocycles. The average Bonchev–Trinajstić information content (AvgIpc) is 2.86. The van der Waals surface area contributed by atoms with Crippen LogP contribution in [0.1, 0.15) is 12.6 Å². The molecule has 2 heterocycles. The molecule has 30 heavy (non-hydrogen) atoms. The maximum absolute atomic E-state index is 11.9. The summed E-state index contributed by atoms with van der Waals surface area (Å²) in [6, 6.07) is 0. The number of hydrogen-bond acceptors (Lipinski definition) is 15. The van der Waals surface area contributed by atoms with Crippen LogP contribution in [-0.2, 0) is 31.6 Å². The van der Waals surface area contributed by atoms with Gasteiger partial charge in [-0.25, -0.2) is 9.11 Å². The summed E-state index contributed by atoms with van der Waals surface area (Å²) in [7, 11) is -17.9. The number of nitrogen functional groups attached to an aromatic ring is 1. The van der Waals surface area contributed by atoms with Gasteiger partial charge in [0.15, 0.2) is 0 Å². The molecule has 2 rings (SSSR count). The van der Waals surface area contributed by atoms with Crippen molar-refractivity contribution in [2.24, 2.45) is 0 Å². The Labute approximate surface area is 203 Å². The van der Waals surface area contributed by atoms with Gasteiger partial charge in [0.05, 0.1) is 24.1 Å². The van der Waals surface area contributed by atoms with Crippen LogP contribution in [0.2, 0.25) is 0 Å². The van der Waals surface area contributed by atoms with E-state index in [4.69, 9.17) is 10.5 Å². The Bertz CT molecular complexity index is 971. The summed E-state index contributed by atoms with van der Waals surface area (Å²) in [4.78, 5) is 58.5. The Morgan fingerprint density at radius 1 is 1.27 bits per heavy atom. The first-order valence-corrected chi connectivity index (χ1v) is 12.6. The molecule has 0 radical (unpaired) electrons. The van der Waals surface area contributed by atoms with E-state index < -0.39 is 54.2 Å². The smallest absolute Gasteiger partial charge is 0.790 e. The van der Waals surface area contributed by atoms with Crippen LogP contribution in [-0.4, -0.2) is 33.5 Å². The van der Waals surface area contributed by atoms with Crippen molar-refractivity contribution in [1.82, 2.24) is 9.55 Å². The molecule has 16 nitrogen and oxygen atoms in total. The summed E-state index contributed by atoms with van der Waals surface area (Å²) in [5, 5.41) is 9.96. The van der Waals surface area contributed by atoms with Gasteiger partial charge in [0, 0.05) is 12.6 Å². The second-order valence-electron chi connectivity index (χ2n) is 5.40. The van der Waals surface area contributed by atoms with Gasteiger partial charge in [-0.05, 0) is 22.6 Å². The molecule has 3 N–H and O–H groups in total. The number of phosphoric acid groups is 3. The third kappa shape index (κ3) is 8.59. The van der Waals surface area contributed by atoms with Crippen molar-refractivity contribution in [1.29, 1.82) is 0 Å². The quantitative estimate of drug-likeness (QED) is 0.157. The summed E-state index contributed by atoms with van der Waals surface area (Å²) >= 11 is 1.80. The van der Waals surface area contributed by atoms with E-state index in [1.165, 1.54) is 6.20 Å². The number of aromatic nitrogens is 2. The van der Waals surface area contributed by atoms with Crippen molar-refractivity contribution < 1.29 is 85.8 Å². The number of hydrogen-bond donors (Lipinski definition) is 2. The molecule has 21 heteroatoms. The largest absolute Gasteiger partial charge is 1.00 e. The molecule has 1 aliphatic heterocycles. The maximum Gasteiger partial charge on any atom is 1.00 e. The fraction of sp³-hybridized carbons (Fsp3) is 0.556. The number of rotatable bonds is 8. The maximum atomic E-state index is 11.9. The second-order valence-corrected chi connectivity index (χ2v) is 10.8. The number of nitrogens with two attached hydrogens (primary N) is 1. The average molecular weight is 612 g/mol. The number of phosphoric ester groups is 1. The topological polar surface area (TPSA) is 262 Å². The third-order valence-corrected chi connectivity index (χ3v) is 7.74. The van der Waals surface area contributed by atoms with Gasteiger partial charge >= 0.3 is 35.2 Å². The van der Waals surface area contributed by atoms with Crippen molar-refractivity contribution in [2.75, 3.05) is 12.3 Å². The van der Waals surface area contributed by atoms with E-state index in [9.17, 15) is 43.2 Å². The van der Waals surface area contributed by atoms with Gasteiger partial charge < -0.3 is 44.2 Å². The van der Waals surface area contributed by atoms with Crippen LogP contribution in [0.3, 0.4) is 0 Å². The first-order chi connectivity index (χ1) is 13.1. The van der Waals surface area contributed by atoms with Gasteiger partial charge in [0.1, 0.15) is 18.1 Å². The molecule has 0 bridgehead atoms. The minimum Gasteiger partial charge on any atom is -0.790 e. The van der Waals surface area contributed by atoms with E-state index in [1.807, 2.05) is 0 Å². The predicted octanol–water partition coefficient (Wildman–Crippen LogP) is -6.10. The molecule has 5 unspecified atom stereocenters. The summed E-state index contributed by atoms with van der Waals surface area (Å²) in [5.41, 5.74) is 4.69.